The first kappa shape index (κ1) is 13.3. The molecule has 3 heteroatoms. The first-order valence-electron chi connectivity index (χ1n) is 7.30. The number of hydrogen-bond acceptors (Lipinski definition) is 3. The van der Waals surface area contributed by atoms with E-state index in [0.717, 1.165) is 33.0 Å². The summed E-state index contributed by atoms with van der Waals surface area (Å²) in [6.07, 6.45) is 6.29. The van der Waals surface area contributed by atoms with Gasteiger partial charge in [0.2, 0.25) is 0 Å². The Kier molecular flexibility index (Phi) is 5.75. The highest BCUT2D eigenvalue weighted by Crippen LogP contribution is 2.27. The average molecular weight is 241 g/mol. The molecular formula is C14H27NO2. The quantitative estimate of drug-likeness (QED) is 0.800. The number of nitrogens with one attached hydrogen (secondary N) is 1. The van der Waals surface area contributed by atoms with E-state index in [2.05, 4.69) is 12.2 Å². The van der Waals surface area contributed by atoms with E-state index in [-0.39, 0.29) is 0 Å². The van der Waals surface area contributed by atoms with E-state index in [1.54, 1.807) is 0 Å². The minimum Gasteiger partial charge on any atom is -0.381 e. The average Bonchev–Trinajstić information content (AvgIpc) is 2.42. The third-order valence-corrected chi connectivity index (χ3v) is 4.04. The molecule has 17 heavy (non-hydrogen) atoms. The fourth-order valence-corrected chi connectivity index (χ4v) is 3.13. The Bertz CT molecular complexity index is 180. The van der Waals surface area contributed by atoms with E-state index >= 15 is 0 Å². The third kappa shape index (κ3) is 3.94. The lowest BCUT2D eigenvalue weighted by Gasteiger charge is -2.38. The second-order valence-corrected chi connectivity index (χ2v) is 5.43. The van der Waals surface area contributed by atoms with Gasteiger partial charge in [-0.2, -0.15) is 0 Å². The Labute approximate surface area is 105 Å². The maximum atomic E-state index is 5.65. The van der Waals surface area contributed by atoms with Crippen molar-refractivity contribution < 1.29 is 9.47 Å². The lowest BCUT2D eigenvalue weighted by molar-refractivity contribution is -0.00800. The molecule has 0 bridgehead atoms. The van der Waals surface area contributed by atoms with Gasteiger partial charge in [0.05, 0.1) is 13.2 Å². The molecule has 0 aromatic heterocycles. The van der Waals surface area contributed by atoms with Crippen molar-refractivity contribution in [3.63, 3.8) is 0 Å². The molecule has 2 saturated heterocycles. The van der Waals surface area contributed by atoms with Crippen molar-refractivity contribution in [2.24, 2.45) is 11.8 Å². The summed E-state index contributed by atoms with van der Waals surface area (Å²) >= 11 is 0. The molecule has 0 saturated carbocycles. The van der Waals surface area contributed by atoms with E-state index in [0.29, 0.717) is 17.9 Å². The lowest BCUT2D eigenvalue weighted by Crippen LogP contribution is -2.48. The van der Waals surface area contributed by atoms with Crippen molar-refractivity contribution in [3.8, 4) is 0 Å². The van der Waals surface area contributed by atoms with Crippen LogP contribution in [0.3, 0.4) is 0 Å². The zero-order valence-corrected chi connectivity index (χ0v) is 11.1. The molecule has 0 aliphatic carbocycles. The largest absolute Gasteiger partial charge is 0.381 e. The van der Waals surface area contributed by atoms with Crippen LogP contribution in [0.15, 0.2) is 0 Å². The fourth-order valence-electron chi connectivity index (χ4n) is 3.13. The Morgan fingerprint density at radius 2 is 1.65 bits per heavy atom. The van der Waals surface area contributed by atoms with Gasteiger partial charge >= 0.3 is 0 Å². The van der Waals surface area contributed by atoms with Crippen molar-refractivity contribution >= 4 is 0 Å². The first-order chi connectivity index (χ1) is 8.42. The molecule has 0 amide bonds. The van der Waals surface area contributed by atoms with Gasteiger partial charge in [-0.25, -0.2) is 0 Å². The van der Waals surface area contributed by atoms with Crippen molar-refractivity contribution in [1.29, 1.82) is 0 Å². The molecule has 0 radical (unpaired) electrons. The Morgan fingerprint density at radius 3 is 2.06 bits per heavy atom. The molecule has 0 aromatic rings. The topological polar surface area (TPSA) is 30.5 Å². The Morgan fingerprint density at radius 1 is 1.06 bits per heavy atom. The van der Waals surface area contributed by atoms with Gasteiger partial charge < -0.3 is 14.8 Å². The summed E-state index contributed by atoms with van der Waals surface area (Å²) in [7, 11) is 0. The molecule has 2 aliphatic heterocycles. The maximum absolute atomic E-state index is 5.65. The predicted molar refractivity (Wildman–Crippen MR) is 69.2 cm³/mol. The summed E-state index contributed by atoms with van der Waals surface area (Å²) in [5.74, 6) is 1.39. The first-order valence-corrected chi connectivity index (χ1v) is 7.30. The molecule has 2 fully saturated rings. The molecule has 2 atom stereocenters. The van der Waals surface area contributed by atoms with Crippen molar-refractivity contribution in [1.82, 2.24) is 5.32 Å². The monoisotopic (exact) mass is 241 g/mol. The summed E-state index contributed by atoms with van der Waals surface area (Å²) in [5, 5.41) is 3.75. The zero-order chi connectivity index (χ0) is 11.9. The molecule has 2 aliphatic rings. The fraction of sp³-hybridized carbons (Fsp3) is 1.00. The van der Waals surface area contributed by atoms with E-state index in [9.17, 15) is 0 Å². The van der Waals surface area contributed by atoms with Gasteiger partial charge in [0.25, 0.3) is 0 Å². The van der Waals surface area contributed by atoms with E-state index in [4.69, 9.17) is 9.47 Å². The van der Waals surface area contributed by atoms with Gasteiger partial charge in [0.15, 0.2) is 0 Å². The number of ether oxygens (including phenoxy) is 2. The molecule has 2 unspecified atom stereocenters. The van der Waals surface area contributed by atoms with Crippen molar-refractivity contribution in [3.05, 3.63) is 0 Å². The smallest absolute Gasteiger partial charge is 0.0509 e. The highest BCUT2D eigenvalue weighted by atomic mass is 16.5. The summed E-state index contributed by atoms with van der Waals surface area (Å²) in [6.45, 7) is 7.16. The summed E-state index contributed by atoms with van der Waals surface area (Å²) in [4.78, 5) is 0. The second kappa shape index (κ2) is 7.34. The molecule has 3 nitrogen and oxygen atoms in total. The van der Waals surface area contributed by atoms with Crippen LogP contribution in [0.5, 0.6) is 0 Å². The Balaban J connectivity index is 1.90. The normalized spacial score (nSPS) is 32.3. The molecule has 2 rings (SSSR count). The highest BCUT2D eigenvalue weighted by Gasteiger charge is 2.31. The van der Waals surface area contributed by atoms with Gasteiger partial charge in [-0.1, -0.05) is 6.92 Å². The molecular weight excluding hydrogens is 214 g/mol. The van der Waals surface area contributed by atoms with Crippen LogP contribution in [-0.2, 0) is 9.47 Å². The van der Waals surface area contributed by atoms with Crippen LogP contribution in [-0.4, -0.2) is 39.0 Å². The second-order valence-electron chi connectivity index (χ2n) is 5.43. The zero-order valence-electron chi connectivity index (χ0n) is 11.1. The number of hydrogen-bond donors (Lipinski definition) is 1. The maximum Gasteiger partial charge on any atom is 0.0509 e. The van der Waals surface area contributed by atoms with Crippen LogP contribution in [0, 0.1) is 11.8 Å². The highest BCUT2D eigenvalue weighted by molar-refractivity contribution is 4.85. The van der Waals surface area contributed by atoms with E-state index in [1.807, 2.05) is 0 Å². The third-order valence-electron chi connectivity index (χ3n) is 4.04. The lowest BCUT2D eigenvalue weighted by atomic mass is 9.82. The molecule has 1 N–H and O–H groups in total. The predicted octanol–water partition coefficient (Wildman–Crippen LogP) is 2.21. The standard InChI is InChI=1S/C14H27NO2/c1-2-7-15-14(12-5-3-8-16-10-12)13-6-4-9-17-11-13/h12-15H,2-11H2,1H3. The van der Waals surface area contributed by atoms with Gasteiger partial charge in [0, 0.05) is 19.3 Å². The summed E-state index contributed by atoms with van der Waals surface area (Å²) in [5.41, 5.74) is 0. The van der Waals surface area contributed by atoms with Crippen LogP contribution >= 0.6 is 0 Å². The van der Waals surface area contributed by atoms with Crippen molar-refractivity contribution in [2.45, 2.75) is 45.1 Å². The summed E-state index contributed by atoms with van der Waals surface area (Å²) in [6, 6.07) is 0.607. The van der Waals surface area contributed by atoms with Crippen molar-refractivity contribution in [2.75, 3.05) is 33.0 Å². The minimum absolute atomic E-state index is 0.607. The molecule has 2 heterocycles. The van der Waals surface area contributed by atoms with E-state index < -0.39 is 0 Å². The van der Waals surface area contributed by atoms with Gasteiger partial charge in [0.1, 0.15) is 0 Å². The van der Waals surface area contributed by atoms with Crippen LogP contribution in [0.1, 0.15) is 39.0 Å². The SMILES string of the molecule is CCCNC(C1CCCOC1)C1CCCOC1. The van der Waals surface area contributed by atoms with Crippen LogP contribution in [0.2, 0.25) is 0 Å². The Hall–Kier alpha value is -0.120. The van der Waals surface area contributed by atoms with Crippen LogP contribution in [0.4, 0.5) is 0 Å². The molecule has 0 spiro atoms. The summed E-state index contributed by atoms with van der Waals surface area (Å²) < 4.78 is 11.3. The van der Waals surface area contributed by atoms with Crippen LogP contribution < -0.4 is 5.32 Å². The minimum atomic E-state index is 0.607. The van der Waals surface area contributed by atoms with Gasteiger partial charge in [-0.05, 0) is 50.5 Å². The number of rotatable bonds is 5. The van der Waals surface area contributed by atoms with Crippen LogP contribution in [0.25, 0.3) is 0 Å². The van der Waals surface area contributed by atoms with Gasteiger partial charge in [-0.3, -0.25) is 0 Å². The molecule has 0 aromatic carbocycles. The van der Waals surface area contributed by atoms with E-state index in [1.165, 1.54) is 32.1 Å². The molecule has 100 valence electrons. The van der Waals surface area contributed by atoms with Gasteiger partial charge in [-0.15, -0.1) is 0 Å².